The van der Waals surface area contributed by atoms with Gasteiger partial charge in [-0.15, -0.1) is 0 Å². The minimum absolute atomic E-state index is 0.0425. The quantitative estimate of drug-likeness (QED) is 0.129. The Morgan fingerprint density at radius 1 is 0.807 bits per heavy atom. The van der Waals surface area contributed by atoms with Gasteiger partial charge >= 0.3 is 12.1 Å². The van der Waals surface area contributed by atoms with E-state index in [4.69, 9.17) is 9.47 Å². The van der Waals surface area contributed by atoms with Crippen LogP contribution in [0, 0.1) is 17.3 Å². The number of benzene rings is 2. The van der Waals surface area contributed by atoms with Crippen molar-refractivity contribution in [3.05, 3.63) is 65.7 Å². The number of carbonyl (C=O) groups is 6. The van der Waals surface area contributed by atoms with E-state index >= 15 is 0 Å². The van der Waals surface area contributed by atoms with Crippen molar-refractivity contribution in [1.82, 2.24) is 26.6 Å². The minimum Gasteiger partial charge on any atom is -0.508 e. The molecule has 0 saturated heterocycles. The first-order valence-electron chi connectivity index (χ1n) is 19.6. The summed E-state index contributed by atoms with van der Waals surface area (Å²) >= 11 is 1.47. The van der Waals surface area contributed by atoms with Crippen LogP contribution in [0.15, 0.2) is 54.6 Å². The molecule has 2 aromatic carbocycles. The topological polar surface area (TPSA) is 201 Å². The number of methoxy groups -OCH3 is 1. The van der Waals surface area contributed by atoms with E-state index in [9.17, 15) is 33.9 Å². The lowest BCUT2D eigenvalue weighted by molar-refractivity contribution is -0.173. The summed E-state index contributed by atoms with van der Waals surface area (Å²) < 4.78 is 10.6. The van der Waals surface area contributed by atoms with Crippen molar-refractivity contribution < 1.29 is 43.3 Å². The van der Waals surface area contributed by atoms with Crippen molar-refractivity contribution in [3.63, 3.8) is 0 Å². The Kier molecular flexibility index (Phi) is 14.2. The normalized spacial score (nSPS) is 23.6. The van der Waals surface area contributed by atoms with Gasteiger partial charge in [-0.1, -0.05) is 42.5 Å². The number of carbonyl (C=O) groups excluding carboxylic acids is 6. The molecule has 310 valence electrons. The van der Waals surface area contributed by atoms with Gasteiger partial charge in [0.25, 0.3) is 0 Å². The van der Waals surface area contributed by atoms with Gasteiger partial charge in [-0.25, -0.2) is 4.79 Å². The highest BCUT2D eigenvalue weighted by molar-refractivity contribution is 7.98. The Morgan fingerprint density at radius 2 is 1.42 bits per heavy atom. The summed E-state index contributed by atoms with van der Waals surface area (Å²) in [5, 5.41) is 23.8. The second-order valence-electron chi connectivity index (χ2n) is 16.9. The van der Waals surface area contributed by atoms with Gasteiger partial charge in [-0.2, -0.15) is 11.8 Å². The number of rotatable bonds is 17. The van der Waals surface area contributed by atoms with E-state index in [1.54, 1.807) is 32.9 Å². The van der Waals surface area contributed by atoms with Gasteiger partial charge in [0.05, 0.1) is 19.1 Å². The molecule has 4 aliphatic rings. The Bertz CT molecular complexity index is 1750. The third-order valence-corrected chi connectivity index (χ3v) is 11.7. The number of esters is 1. The molecule has 0 radical (unpaired) electrons. The van der Waals surface area contributed by atoms with Crippen LogP contribution in [0.5, 0.6) is 5.75 Å². The Hall–Kier alpha value is -4.79. The zero-order chi connectivity index (χ0) is 41.4. The van der Waals surface area contributed by atoms with E-state index in [0.717, 1.165) is 37.7 Å². The molecule has 57 heavy (non-hydrogen) atoms. The maximum atomic E-state index is 14.1. The summed E-state index contributed by atoms with van der Waals surface area (Å²) in [6, 6.07) is 12.3. The number of phenolic OH excluding ortho intramolecular Hbond substituents is 1. The number of thioether (sulfide) groups is 1. The maximum Gasteiger partial charge on any atom is 0.408 e. The number of alkyl carbamates (subject to hydrolysis) is 1. The number of hydrogen-bond donors (Lipinski definition) is 6. The second-order valence-corrected chi connectivity index (χ2v) is 17.9. The van der Waals surface area contributed by atoms with E-state index in [-0.39, 0.29) is 36.9 Å². The lowest BCUT2D eigenvalue weighted by Gasteiger charge is -2.60. The highest BCUT2D eigenvalue weighted by atomic mass is 32.2. The van der Waals surface area contributed by atoms with Crippen LogP contribution in [0.25, 0.3) is 0 Å². The van der Waals surface area contributed by atoms with Crippen molar-refractivity contribution >= 4 is 47.5 Å². The fraction of sp³-hybridized carbons (Fsp3) is 0.571. The number of phenols is 1. The summed E-state index contributed by atoms with van der Waals surface area (Å²) in [5.74, 6) is -1.27. The summed E-state index contributed by atoms with van der Waals surface area (Å²) in [5.41, 5.74) is -0.543. The molecule has 14 nitrogen and oxygen atoms in total. The molecule has 0 spiro atoms. The molecule has 4 saturated carbocycles. The Balaban J connectivity index is 1.25. The van der Waals surface area contributed by atoms with Gasteiger partial charge < -0.3 is 41.2 Å². The average Bonchev–Trinajstić information content (AvgIpc) is 3.14. The van der Waals surface area contributed by atoms with E-state index in [1.165, 1.54) is 31.0 Å². The van der Waals surface area contributed by atoms with Crippen molar-refractivity contribution in [1.29, 1.82) is 0 Å². The van der Waals surface area contributed by atoms with E-state index in [0.29, 0.717) is 29.6 Å². The molecule has 4 bridgehead atoms. The first-order chi connectivity index (χ1) is 27.0. The summed E-state index contributed by atoms with van der Waals surface area (Å²) in [4.78, 5) is 80.7. The van der Waals surface area contributed by atoms with Crippen molar-refractivity contribution in [2.45, 2.75) is 108 Å². The van der Waals surface area contributed by atoms with E-state index in [2.05, 4.69) is 26.6 Å². The smallest absolute Gasteiger partial charge is 0.408 e. The molecule has 2 aromatic rings. The van der Waals surface area contributed by atoms with Gasteiger partial charge in [0.15, 0.2) is 0 Å². The highest BCUT2D eigenvalue weighted by Gasteiger charge is 2.61. The van der Waals surface area contributed by atoms with Gasteiger partial charge in [-0.3, -0.25) is 24.0 Å². The molecular weight excluding hydrogens is 751 g/mol. The van der Waals surface area contributed by atoms with Gasteiger partial charge in [-0.05, 0) is 113 Å². The van der Waals surface area contributed by atoms with Crippen LogP contribution in [0.1, 0.15) is 76.8 Å². The van der Waals surface area contributed by atoms with E-state index in [1.807, 2.05) is 36.6 Å². The predicted molar refractivity (Wildman–Crippen MR) is 215 cm³/mol. The predicted octanol–water partition coefficient (Wildman–Crippen LogP) is 3.54. The van der Waals surface area contributed by atoms with Crippen molar-refractivity contribution in [3.8, 4) is 5.75 Å². The molecule has 5 amide bonds. The van der Waals surface area contributed by atoms with Crippen LogP contribution >= 0.6 is 11.8 Å². The lowest BCUT2D eigenvalue weighted by atomic mass is 9.47. The molecule has 2 unspecified atom stereocenters. The number of aromatic hydroxyl groups is 1. The van der Waals surface area contributed by atoms with Gasteiger partial charge in [0.1, 0.15) is 29.5 Å². The lowest BCUT2D eigenvalue weighted by Crippen LogP contribution is -2.67. The molecule has 0 aliphatic heterocycles. The summed E-state index contributed by atoms with van der Waals surface area (Å²) in [6.45, 7) is 4.63. The van der Waals surface area contributed by atoms with Crippen LogP contribution in [0.3, 0.4) is 0 Å². The van der Waals surface area contributed by atoms with Crippen LogP contribution in [0.4, 0.5) is 4.79 Å². The fourth-order valence-electron chi connectivity index (χ4n) is 9.11. The van der Waals surface area contributed by atoms with Gasteiger partial charge in [0, 0.05) is 18.4 Å². The van der Waals surface area contributed by atoms with Gasteiger partial charge in [0.2, 0.25) is 23.6 Å². The standard InChI is InChI=1S/C42H57N5O9S/c1-40(2,3)56-39(54)46-32(19-27-11-13-30(48)14-12-27)36(51)45-31(15-16-57-5)35(50)43-24-34(49)44-33(18-26-9-7-6-8-10-26)37(52)47-42-22-28-17-29(23-42)21-41(20-28,25-42)38(53)55-4/h6-14,28-29,31-33,48H,15-25H2,1-5H3,(H,43,50)(H,44,49)(H,45,51)(H,46,54)(H,47,52)/t28?,29?,31-,32-,33-,41?,42?/m0/s1. The van der Waals surface area contributed by atoms with Crippen LogP contribution in [-0.4, -0.2) is 95.7 Å². The van der Waals surface area contributed by atoms with Crippen LogP contribution in [-0.2, 0) is 46.3 Å². The Morgan fingerprint density at radius 3 is 2.02 bits per heavy atom. The largest absolute Gasteiger partial charge is 0.508 e. The number of amides is 5. The average molecular weight is 808 g/mol. The monoisotopic (exact) mass is 807 g/mol. The molecule has 15 heteroatoms. The Labute approximate surface area is 338 Å². The van der Waals surface area contributed by atoms with E-state index < -0.39 is 65.0 Å². The number of hydrogen-bond acceptors (Lipinski definition) is 10. The van der Waals surface area contributed by atoms with Crippen LogP contribution < -0.4 is 26.6 Å². The molecule has 0 aromatic heterocycles. The zero-order valence-corrected chi connectivity index (χ0v) is 34.3. The van der Waals surface area contributed by atoms with Crippen molar-refractivity contribution in [2.75, 3.05) is 25.7 Å². The first-order valence-corrected chi connectivity index (χ1v) is 21.0. The minimum atomic E-state index is -1.13. The van der Waals surface area contributed by atoms with Crippen LogP contribution in [0.2, 0.25) is 0 Å². The number of nitrogens with one attached hydrogen (secondary N) is 5. The summed E-state index contributed by atoms with van der Waals surface area (Å²) in [7, 11) is 1.41. The maximum absolute atomic E-state index is 14.1. The second kappa shape index (κ2) is 18.6. The molecule has 0 heterocycles. The highest BCUT2D eigenvalue weighted by Crippen LogP contribution is 2.62. The van der Waals surface area contributed by atoms with Crippen molar-refractivity contribution in [2.24, 2.45) is 17.3 Å². The first kappa shape index (κ1) is 43.3. The summed E-state index contributed by atoms with van der Waals surface area (Å²) in [6.07, 6.45) is 6.10. The third-order valence-electron chi connectivity index (χ3n) is 11.1. The molecule has 6 rings (SSSR count). The third kappa shape index (κ3) is 11.9. The molecule has 4 aliphatic carbocycles. The molecule has 5 atom stereocenters. The fourth-order valence-corrected chi connectivity index (χ4v) is 9.58. The SMILES string of the molecule is COC(=O)C12CC3CC(CC(NC(=O)[C@H](Cc4ccccc4)NC(=O)CNC(=O)[C@H](CCSC)NC(=O)[C@H](Cc4ccc(O)cc4)NC(=O)OC(C)(C)C)(C3)C1)C2. The number of ether oxygens (including phenoxy) is 2. The molecule has 6 N–H and O–H groups in total. The zero-order valence-electron chi connectivity index (χ0n) is 33.5. The molecule has 4 fully saturated rings. The molecular formula is C42H57N5O9S.